The zero-order valence-corrected chi connectivity index (χ0v) is 21.3. The zero-order valence-electron chi connectivity index (χ0n) is 21.3. The van der Waals surface area contributed by atoms with Crippen LogP contribution in [-0.2, 0) is 28.5 Å². The molecule has 33 heavy (non-hydrogen) atoms. The molecule has 0 saturated heterocycles. The van der Waals surface area contributed by atoms with Crippen molar-refractivity contribution in [1.82, 2.24) is 0 Å². The first-order valence-electron chi connectivity index (χ1n) is 12.3. The molecule has 0 aliphatic carbocycles. The van der Waals surface area contributed by atoms with Crippen molar-refractivity contribution in [3.63, 3.8) is 0 Å². The van der Waals surface area contributed by atoms with E-state index in [9.17, 15) is 4.79 Å². The third kappa shape index (κ3) is 18.5. The lowest BCUT2D eigenvalue weighted by molar-refractivity contribution is -0.133. The maximum Gasteiger partial charge on any atom is 0.160 e. The summed E-state index contributed by atoms with van der Waals surface area (Å²) in [7, 11) is 0. The molecule has 0 fully saturated rings. The minimum absolute atomic E-state index is 0.0000807. The molecule has 0 aromatic carbocycles. The molecule has 0 bridgehead atoms. The number of hydrogen-bond acceptors (Lipinski definition) is 6. The molecule has 0 N–H and O–H groups in total. The zero-order chi connectivity index (χ0) is 24.6. The molecule has 0 aromatic rings. The van der Waals surface area contributed by atoms with Crippen LogP contribution < -0.4 is 0 Å². The fraction of sp³-hybridized carbons (Fsp3) is 0.667. The first kappa shape index (κ1) is 31.4. The summed E-state index contributed by atoms with van der Waals surface area (Å²) in [5, 5.41) is 0. The standard InChI is InChI=1S/C27H46O6/c1-6-29-24(16-11-12-23-28)17-13-18-25(30-7-2)19-14-20-26(31-8-3)21-15-22-27(32-9-4)33-10-5/h11-15,17,19,21,23-27H,6-10,16,18,20,22H2,1-5H3/b12-11+,17-13+,19-14+,21-15+. The van der Waals surface area contributed by atoms with Crippen LogP contribution in [0.1, 0.15) is 60.3 Å². The van der Waals surface area contributed by atoms with Crippen molar-refractivity contribution in [2.24, 2.45) is 0 Å². The third-order valence-corrected chi connectivity index (χ3v) is 4.55. The van der Waals surface area contributed by atoms with Gasteiger partial charge in [-0.2, -0.15) is 0 Å². The van der Waals surface area contributed by atoms with Gasteiger partial charge in [0.05, 0.1) is 18.3 Å². The highest BCUT2D eigenvalue weighted by atomic mass is 16.7. The molecule has 6 nitrogen and oxygen atoms in total. The minimum Gasteiger partial charge on any atom is -0.374 e. The van der Waals surface area contributed by atoms with Crippen LogP contribution >= 0.6 is 0 Å². The lowest BCUT2D eigenvalue weighted by atomic mass is 10.1. The molecule has 0 aliphatic rings. The summed E-state index contributed by atoms with van der Waals surface area (Å²) in [5.41, 5.74) is 0. The van der Waals surface area contributed by atoms with E-state index < -0.39 is 0 Å². The summed E-state index contributed by atoms with van der Waals surface area (Å²) >= 11 is 0. The second-order valence-corrected chi connectivity index (χ2v) is 7.11. The van der Waals surface area contributed by atoms with Crippen LogP contribution in [0.5, 0.6) is 0 Å². The highest BCUT2D eigenvalue weighted by Gasteiger charge is 2.08. The van der Waals surface area contributed by atoms with Gasteiger partial charge in [-0.3, -0.25) is 4.79 Å². The summed E-state index contributed by atoms with van der Waals surface area (Å²) in [6.45, 7) is 13.1. The van der Waals surface area contributed by atoms with Gasteiger partial charge in [-0.15, -0.1) is 0 Å². The number of allylic oxidation sites excluding steroid dienone is 1. The van der Waals surface area contributed by atoms with Gasteiger partial charge in [-0.05, 0) is 60.0 Å². The normalized spacial score (nSPS) is 15.5. The molecule has 3 atom stereocenters. The van der Waals surface area contributed by atoms with Gasteiger partial charge in [-0.25, -0.2) is 0 Å². The Hall–Kier alpha value is -1.57. The van der Waals surface area contributed by atoms with E-state index in [1.165, 1.54) is 6.08 Å². The van der Waals surface area contributed by atoms with Crippen LogP contribution in [-0.4, -0.2) is 63.9 Å². The van der Waals surface area contributed by atoms with E-state index >= 15 is 0 Å². The Morgan fingerprint density at radius 2 is 0.879 bits per heavy atom. The molecule has 6 heteroatoms. The molecule has 0 aromatic heterocycles. The molecule has 190 valence electrons. The Morgan fingerprint density at radius 1 is 0.515 bits per heavy atom. The fourth-order valence-electron chi connectivity index (χ4n) is 3.14. The van der Waals surface area contributed by atoms with Crippen molar-refractivity contribution in [3.05, 3.63) is 48.6 Å². The van der Waals surface area contributed by atoms with Crippen molar-refractivity contribution in [1.29, 1.82) is 0 Å². The Morgan fingerprint density at radius 3 is 1.24 bits per heavy atom. The molecule has 0 spiro atoms. The Balaban J connectivity index is 4.81. The number of rotatable bonds is 22. The van der Waals surface area contributed by atoms with Crippen molar-refractivity contribution in [3.8, 4) is 0 Å². The molecule has 0 aliphatic heterocycles. The van der Waals surface area contributed by atoms with Gasteiger partial charge >= 0.3 is 0 Å². The second-order valence-electron chi connectivity index (χ2n) is 7.11. The molecule has 0 amide bonds. The Bertz CT molecular complexity index is 549. The van der Waals surface area contributed by atoms with E-state index in [2.05, 4.69) is 30.4 Å². The topological polar surface area (TPSA) is 63.2 Å². The van der Waals surface area contributed by atoms with E-state index in [-0.39, 0.29) is 24.6 Å². The number of ether oxygens (including phenoxy) is 5. The van der Waals surface area contributed by atoms with Gasteiger partial charge in [0.25, 0.3) is 0 Å². The molecule has 0 saturated carbocycles. The van der Waals surface area contributed by atoms with Gasteiger partial charge in [0.1, 0.15) is 6.29 Å². The number of carbonyl (C=O) groups is 1. The van der Waals surface area contributed by atoms with Gasteiger partial charge in [0, 0.05) is 39.5 Å². The second kappa shape index (κ2) is 23.6. The molecular formula is C27H46O6. The first-order chi connectivity index (χ1) is 16.1. The van der Waals surface area contributed by atoms with Crippen LogP contribution in [0.4, 0.5) is 0 Å². The summed E-state index contributed by atoms with van der Waals surface area (Å²) in [4.78, 5) is 10.5. The summed E-state index contributed by atoms with van der Waals surface area (Å²) in [5.74, 6) is 0. The molecule has 0 rings (SSSR count). The maximum atomic E-state index is 10.5. The van der Waals surface area contributed by atoms with E-state index in [0.29, 0.717) is 45.9 Å². The molecule has 3 unspecified atom stereocenters. The minimum atomic E-state index is -0.211. The molecule has 0 radical (unpaired) electrons. The monoisotopic (exact) mass is 466 g/mol. The van der Waals surface area contributed by atoms with E-state index in [1.807, 2.05) is 46.8 Å². The van der Waals surface area contributed by atoms with Crippen molar-refractivity contribution < 1.29 is 28.5 Å². The van der Waals surface area contributed by atoms with Crippen molar-refractivity contribution >= 4 is 6.29 Å². The highest BCUT2D eigenvalue weighted by Crippen LogP contribution is 2.10. The van der Waals surface area contributed by atoms with Crippen LogP contribution in [0, 0.1) is 0 Å². The third-order valence-electron chi connectivity index (χ3n) is 4.55. The van der Waals surface area contributed by atoms with E-state index in [1.54, 1.807) is 0 Å². The average Bonchev–Trinajstić information content (AvgIpc) is 2.79. The van der Waals surface area contributed by atoms with Gasteiger partial charge < -0.3 is 23.7 Å². The van der Waals surface area contributed by atoms with Crippen molar-refractivity contribution in [2.75, 3.05) is 33.0 Å². The molecule has 0 heterocycles. The predicted octanol–water partition coefficient (Wildman–Crippen LogP) is 5.58. The summed E-state index contributed by atoms with van der Waals surface area (Å²) in [6, 6.07) is 0. The number of carbonyl (C=O) groups excluding carboxylic acids is 1. The van der Waals surface area contributed by atoms with Crippen LogP contribution in [0.15, 0.2) is 48.6 Å². The lowest BCUT2D eigenvalue weighted by Gasteiger charge is -2.16. The average molecular weight is 467 g/mol. The van der Waals surface area contributed by atoms with E-state index in [0.717, 1.165) is 19.1 Å². The van der Waals surface area contributed by atoms with E-state index in [4.69, 9.17) is 23.7 Å². The smallest absolute Gasteiger partial charge is 0.160 e. The lowest BCUT2D eigenvalue weighted by Crippen LogP contribution is -2.16. The predicted molar refractivity (Wildman–Crippen MR) is 134 cm³/mol. The quantitative estimate of drug-likeness (QED) is 0.0898. The highest BCUT2D eigenvalue weighted by molar-refractivity contribution is 5.64. The van der Waals surface area contributed by atoms with Crippen LogP contribution in [0.3, 0.4) is 0 Å². The number of aldehydes is 1. The Labute approximate surface area is 201 Å². The Kier molecular flexibility index (Phi) is 22.5. The van der Waals surface area contributed by atoms with Gasteiger partial charge in [-0.1, -0.05) is 42.5 Å². The summed E-state index contributed by atoms with van der Waals surface area (Å²) in [6.07, 6.45) is 19.2. The first-order valence-corrected chi connectivity index (χ1v) is 12.3. The van der Waals surface area contributed by atoms with Crippen molar-refractivity contribution in [2.45, 2.75) is 84.9 Å². The number of hydrogen-bond donors (Lipinski definition) is 0. The van der Waals surface area contributed by atoms with Gasteiger partial charge in [0.2, 0.25) is 0 Å². The molecular weight excluding hydrogens is 420 g/mol. The van der Waals surface area contributed by atoms with Gasteiger partial charge in [0.15, 0.2) is 6.29 Å². The largest absolute Gasteiger partial charge is 0.374 e. The summed E-state index contributed by atoms with van der Waals surface area (Å²) < 4.78 is 28.6. The maximum absolute atomic E-state index is 10.5. The van der Waals surface area contributed by atoms with Crippen LogP contribution in [0.25, 0.3) is 0 Å². The SMILES string of the molecule is CCOC(/C=C/CC(/C=C/CC(/C=C/CC(OCC)OCC)OCC)OCC)C/C=C/C=O. The van der Waals surface area contributed by atoms with Crippen LogP contribution in [0.2, 0.25) is 0 Å². The fourth-order valence-corrected chi connectivity index (χ4v) is 3.14.